The highest BCUT2D eigenvalue weighted by molar-refractivity contribution is 5.98. The molecule has 0 radical (unpaired) electrons. The number of nitrogens with zero attached hydrogens (tertiary/aromatic N) is 3. The molecule has 0 fully saturated rings. The molecule has 5 heteroatoms. The van der Waals surface area contributed by atoms with Gasteiger partial charge in [0.1, 0.15) is 0 Å². The van der Waals surface area contributed by atoms with E-state index >= 15 is 0 Å². The van der Waals surface area contributed by atoms with Crippen molar-refractivity contribution in [3.63, 3.8) is 0 Å². The lowest BCUT2D eigenvalue weighted by atomic mass is 9.88. The van der Waals surface area contributed by atoms with Crippen LogP contribution in [0, 0.1) is 17.4 Å². The van der Waals surface area contributed by atoms with E-state index in [0.717, 1.165) is 12.1 Å². The molecule has 76 valence electrons. The molecule has 1 heterocycles. The minimum absolute atomic E-state index is 0.0901. The highest BCUT2D eigenvalue weighted by atomic mass is 16.1. The number of rotatable bonds is 1. The molecule has 0 aliphatic heterocycles. The molecule has 1 aromatic heterocycles. The number of nitriles is 1. The van der Waals surface area contributed by atoms with Gasteiger partial charge < -0.3 is 0 Å². The van der Waals surface area contributed by atoms with E-state index in [2.05, 4.69) is 15.3 Å². The fourth-order valence-electron chi connectivity index (χ4n) is 1.74. The SMILES string of the molecule is CC1CC(=O)c2cnc(NC#N)nc2C1. The van der Waals surface area contributed by atoms with Crippen molar-refractivity contribution in [3.8, 4) is 6.19 Å². The molecule has 0 aromatic carbocycles. The quantitative estimate of drug-likeness (QED) is 0.545. The first-order chi connectivity index (χ1) is 7.20. The molecule has 0 saturated heterocycles. The van der Waals surface area contributed by atoms with Gasteiger partial charge in [0.15, 0.2) is 12.0 Å². The summed E-state index contributed by atoms with van der Waals surface area (Å²) in [7, 11) is 0. The lowest BCUT2D eigenvalue weighted by Crippen LogP contribution is -2.20. The molecular formula is C10H10N4O. The van der Waals surface area contributed by atoms with Crippen LogP contribution in [0.1, 0.15) is 29.4 Å². The molecule has 0 spiro atoms. The molecular weight excluding hydrogens is 192 g/mol. The van der Waals surface area contributed by atoms with Crippen LogP contribution in [0.15, 0.2) is 6.20 Å². The van der Waals surface area contributed by atoms with Crippen molar-refractivity contribution in [2.75, 3.05) is 5.32 Å². The average Bonchev–Trinajstić information content (AvgIpc) is 2.17. The second-order valence-corrected chi connectivity index (χ2v) is 3.73. The number of ketones is 1. The normalized spacial score (nSPS) is 19.2. The van der Waals surface area contributed by atoms with Crippen LogP contribution in [0.25, 0.3) is 0 Å². The second-order valence-electron chi connectivity index (χ2n) is 3.73. The van der Waals surface area contributed by atoms with Crippen LogP contribution in [0.4, 0.5) is 5.95 Å². The van der Waals surface area contributed by atoms with Gasteiger partial charge >= 0.3 is 0 Å². The Hall–Kier alpha value is -1.96. The van der Waals surface area contributed by atoms with Crippen molar-refractivity contribution in [3.05, 3.63) is 17.5 Å². The van der Waals surface area contributed by atoms with Gasteiger partial charge in [-0.2, -0.15) is 5.26 Å². The number of carbonyl (C=O) groups is 1. The summed E-state index contributed by atoms with van der Waals surface area (Å²) < 4.78 is 0. The number of anilines is 1. The van der Waals surface area contributed by atoms with Crippen molar-refractivity contribution in [1.29, 1.82) is 5.26 Å². The summed E-state index contributed by atoms with van der Waals surface area (Å²) in [5, 5.41) is 10.8. The average molecular weight is 202 g/mol. The first-order valence-electron chi connectivity index (χ1n) is 4.75. The van der Waals surface area contributed by atoms with Gasteiger partial charge in [0.2, 0.25) is 5.95 Å². The predicted molar refractivity (Wildman–Crippen MR) is 53.1 cm³/mol. The summed E-state index contributed by atoms with van der Waals surface area (Å²) in [5.74, 6) is 0.667. The molecule has 1 N–H and O–H groups in total. The smallest absolute Gasteiger partial charge is 0.236 e. The van der Waals surface area contributed by atoms with Crippen molar-refractivity contribution in [2.24, 2.45) is 5.92 Å². The Labute approximate surface area is 87.2 Å². The van der Waals surface area contributed by atoms with Crippen LogP contribution in [0.3, 0.4) is 0 Å². The van der Waals surface area contributed by atoms with Gasteiger partial charge in [0.25, 0.3) is 0 Å². The van der Waals surface area contributed by atoms with Gasteiger partial charge in [-0.05, 0) is 12.3 Å². The Morgan fingerprint density at radius 1 is 1.60 bits per heavy atom. The van der Waals surface area contributed by atoms with Gasteiger partial charge in [0, 0.05) is 12.6 Å². The van der Waals surface area contributed by atoms with E-state index in [-0.39, 0.29) is 11.7 Å². The fourth-order valence-corrected chi connectivity index (χ4v) is 1.74. The van der Waals surface area contributed by atoms with E-state index in [1.807, 2.05) is 6.92 Å². The largest absolute Gasteiger partial charge is 0.294 e. The van der Waals surface area contributed by atoms with Gasteiger partial charge in [0.05, 0.1) is 11.3 Å². The lowest BCUT2D eigenvalue weighted by Gasteiger charge is -2.18. The summed E-state index contributed by atoms with van der Waals surface area (Å²) in [6.07, 6.45) is 4.57. The Morgan fingerprint density at radius 2 is 2.40 bits per heavy atom. The van der Waals surface area contributed by atoms with E-state index in [0.29, 0.717) is 17.9 Å². The molecule has 0 amide bonds. The fraction of sp³-hybridized carbons (Fsp3) is 0.400. The van der Waals surface area contributed by atoms with Gasteiger partial charge in [-0.25, -0.2) is 9.97 Å². The zero-order valence-electron chi connectivity index (χ0n) is 8.32. The monoisotopic (exact) mass is 202 g/mol. The summed E-state index contributed by atoms with van der Waals surface area (Å²) in [4.78, 5) is 19.6. The summed E-state index contributed by atoms with van der Waals surface area (Å²) in [6.45, 7) is 2.01. The number of hydrogen-bond donors (Lipinski definition) is 1. The molecule has 1 aliphatic rings. The predicted octanol–water partition coefficient (Wildman–Crippen LogP) is 1.13. The van der Waals surface area contributed by atoms with Crippen LogP contribution in [0.2, 0.25) is 0 Å². The molecule has 0 bridgehead atoms. The molecule has 2 rings (SSSR count). The van der Waals surface area contributed by atoms with Crippen LogP contribution >= 0.6 is 0 Å². The van der Waals surface area contributed by atoms with Crippen LogP contribution in [0.5, 0.6) is 0 Å². The summed E-state index contributed by atoms with van der Waals surface area (Å²) in [5.41, 5.74) is 1.34. The van der Waals surface area contributed by atoms with Crippen molar-refractivity contribution in [1.82, 2.24) is 9.97 Å². The molecule has 1 aliphatic carbocycles. The van der Waals surface area contributed by atoms with E-state index < -0.39 is 0 Å². The molecule has 1 unspecified atom stereocenters. The third kappa shape index (κ3) is 1.79. The molecule has 5 nitrogen and oxygen atoms in total. The standard InChI is InChI=1S/C10H10N4O/c1-6-2-8-7(9(15)3-6)4-12-10(14-8)13-5-11/h4,6H,2-3H2,1H3,(H,12,13,14). The maximum atomic E-state index is 11.6. The number of aromatic nitrogens is 2. The third-order valence-electron chi connectivity index (χ3n) is 2.41. The first-order valence-corrected chi connectivity index (χ1v) is 4.75. The minimum Gasteiger partial charge on any atom is -0.294 e. The summed E-state index contributed by atoms with van der Waals surface area (Å²) in [6, 6.07) is 0. The van der Waals surface area contributed by atoms with E-state index in [4.69, 9.17) is 5.26 Å². The number of fused-ring (bicyclic) bond motifs is 1. The van der Waals surface area contributed by atoms with Crippen LogP contribution < -0.4 is 5.32 Å². The topological polar surface area (TPSA) is 78.7 Å². The maximum absolute atomic E-state index is 11.6. The number of Topliss-reactive ketones (excluding diaryl/α,β-unsaturated/α-hetero) is 1. The maximum Gasteiger partial charge on any atom is 0.236 e. The Kier molecular flexibility index (Phi) is 2.34. The van der Waals surface area contributed by atoms with E-state index in [1.165, 1.54) is 6.20 Å². The number of hydrogen-bond acceptors (Lipinski definition) is 5. The van der Waals surface area contributed by atoms with E-state index in [9.17, 15) is 4.79 Å². The summed E-state index contributed by atoms with van der Waals surface area (Å²) >= 11 is 0. The highest BCUT2D eigenvalue weighted by Gasteiger charge is 2.24. The Bertz CT molecular complexity index is 449. The zero-order chi connectivity index (χ0) is 10.8. The van der Waals surface area contributed by atoms with Crippen molar-refractivity contribution < 1.29 is 4.79 Å². The number of carbonyl (C=O) groups excluding carboxylic acids is 1. The Balaban J connectivity index is 2.40. The molecule has 0 saturated carbocycles. The van der Waals surface area contributed by atoms with Crippen LogP contribution in [-0.4, -0.2) is 15.8 Å². The Morgan fingerprint density at radius 3 is 3.13 bits per heavy atom. The molecule has 1 atom stereocenters. The van der Waals surface area contributed by atoms with Gasteiger partial charge in [-0.1, -0.05) is 6.92 Å². The van der Waals surface area contributed by atoms with Crippen molar-refractivity contribution >= 4 is 11.7 Å². The molecule has 1 aromatic rings. The zero-order valence-corrected chi connectivity index (χ0v) is 8.32. The minimum atomic E-state index is 0.0901. The highest BCUT2D eigenvalue weighted by Crippen LogP contribution is 2.23. The lowest BCUT2D eigenvalue weighted by molar-refractivity contribution is 0.0951. The van der Waals surface area contributed by atoms with Gasteiger partial charge in [-0.3, -0.25) is 10.1 Å². The van der Waals surface area contributed by atoms with Gasteiger partial charge in [-0.15, -0.1) is 0 Å². The van der Waals surface area contributed by atoms with Crippen molar-refractivity contribution in [2.45, 2.75) is 19.8 Å². The third-order valence-corrected chi connectivity index (χ3v) is 2.41. The second kappa shape index (κ2) is 3.65. The molecule has 15 heavy (non-hydrogen) atoms. The van der Waals surface area contributed by atoms with E-state index in [1.54, 1.807) is 6.19 Å². The first kappa shape index (κ1) is 9.59. The number of nitrogens with one attached hydrogen (secondary N) is 1. The van der Waals surface area contributed by atoms with Crippen LogP contribution in [-0.2, 0) is 6.42 Å².